The number of aromatic nitrogens is 2. The number of para-hydroxylation sites is 4. The lowest BCUT2D eigenvalue weighted by Crippen LogP contribution is -2.11. The highest BCUT2D eigenvalue weighted by molar-refractivity contribution is 6.23. The fourth-order valence-corrected chi connectivity index (χ4v) is 8.44. The number of anilines is 3. The van der Waals surface area contributed by atoms with Gasteiger partial charge in [-0.3, -0.25) is 0 Å². The third-order valence-corrected chi connectivity index (χ3v) is 10.8. The van der Waals surface area contributed by atoms with E-state index in [1.54, 1.807) is 0 Å². The molecule has 4 heterocycles. The van der Waals surface area contributed by atoms with E-state index < -0.39 is 0 Å². The Kier molecular flexibility index (Phi) is 6.24. The number of benzene rings is 8. The molecule has 12 aromatic rings. The topological polar surface area (TPSA) is 60.5 Å². The Bertz CT molecular complexity index is 3440. The summed E-state index contributed by atoms with van der Waals surface area (Å²) in [5, 5.41) is 6.24. The molecule has 6 nitrogen and oxygen atoms in total. The minimum Gasteiger partial charge on any atom is -0.456 e. The maximum atomic E-state index is 6.88. The van der Waals surface area contributed by atoms with Crippen molar-refractivity contribution in [1.29, 1.82) is 0 Å². The predicted molar refractivity (Wildman–Crippen MR) is 223 cm³/mol. The quantitative estimate of drug-likeness (QED) is 0.178. The van der Waals surface area contributed by atoms with Crippen molar-refractivity contribution in [2.24, 2.45) is 0 Å². The van der Waals surface area contributed by atoms with E-state index in [0.717, 1.165) is 94.1 Å². The lowest BCUT2D eigenvalue weighted by Gasteiger charge is -2.26. The van der Waals surface area contributed by atoms with Gasteiger partial charge in [0.15, 0.2) is 11.2 Å². The SMILES string of the molecule is c1ccc(-c2nc3c(cc(N(c4ccc5c(c4)c4ccccc4n5-c4ccccc4)c4cccc5oc6ccccc6c45)c4oc5ccccc5c43)o2)cc1. The summed E-state index contributed by atoms with van der Waals surface area (Å²) in [6.45, 7) is 0. The van der Waals surface area contributed by atoms with Gasteiger partial charge in [0.25, 0.3) is 0 Å². The van der Waals surface area contributed by atoms with Crippen LogP contribution in [-0.2, 0) is 0 Å². The zero-order valence-corrected chi connectivity index (χ0v) is 29.3. The summed E-state index contributed by atoms with van der Waals surface area (Å²) >= 11 is 0. The van der Waals surface area contributed by atoms with E-state index >= 15 is 0 Å². The van der Waals surface area contributed by atoms with Crippen molar-refractivity contribution in [2.75, 3.05) is 4.90 Å². The van der Waals surface area contributed by atoms with E-state index in [1.165, 1.54) is 5.39 Å². The Morgan fingerprint density at radius 3 is 1.91 bits per heavy atom. The van der Waals surface area contributed by atoms with Crippen LogP contribution >= 0.6 is 0 Å². The molecular weight excluding hydrogens is 679 g/mol. The van der Waals surface area contributed by atoms with E-state index in [-0.39, 0.29) is 0 Å². The molecule has 0 aliphatic rings. The van der Waals surface area contributed by atoms with Crippen molar-refractivity contribution >= 4 is 93.8 Å². The van der Waals surface area contributed by atoms with Gasteiger partial charge in [-0.1, -0.05) is 97.1 Å². The summed E-state index contributed by atoms with van der Waals surface area (Å²) in [5.74, 6) is 0.559. The van der Waals surface area contributed by atoms with Gasteiger partial charge in [0.2, 0.25) is 5.89 Å². The van der Waals surface area contributed by atoms with Gasteiger partial charge in [0.05, 0.1) is 33.2 Å². The number of fused-ring (bicyclic) bond motifs is 11. The normalized spacial score (nSPS) is 12.0. The van der Waals surface area contributed by atoms with Crippen LogP contribution in [0.1, 0.15) is 0 Å². The second-order valence-corrected chi connectivity index (χ2v) is 13.9. The Morgan fingerprint density at radius 1 is 0.436 bits per heavy atom. The molecule has 0 amide bonds. The van der Waals surface area contributed by atoms with Gasteiger partial charge in [-0.15, -0.1) is 0 Å². The summed E-state index contributed by atoms with van der Waals surface area (Å²) in [7, 11) is 0. The van der Waals surface area contributed by atoms with E-state index in [2.05, 4.69) is 119 Å². The number of furan rings is 2. The van der Waals surface area contributed by atoms with E-state index in [4.69, 9.17) is 18.2 Å². The molecule has 0 radical (unpaired) electrons. The first-order chi connectivity index (χ1) is 27.3. The monoisotopic (exact) mass is 707 g/mol. The molecule has 0 saturated carbocycles. The molecule has 55 heavy (non-hydrogen) atoms. The van der Waals surface area contributed by atoms with Gasteiger partial charge < -0.3 is 22.7 Å². The number of nitrogens with zero attached hydrogens (tertiary/aromatic N) is 3. The van der Waals surface area contributed by atoms with Crippen molar-refractivity contribution in [3.05, 3.63) is 176 Å². The van der Waals surface area contributed by atoms with Gasteiger partial charge in [0, 0.05) is 44.5 Å². The molecule has 0 fully saturated rings. The van der Waals surface area contributed by atoms with Crippen molar-refractivity contribution in [3.63, 3.8) is 0 Å². The second kappa shape index (κ2) is 11.5. The molecule has 0 spiro atoms. The molecule has 0 aliphatic carbocycles. The van der Waals surface area contributed by atoms with Crippen LogP contribution < -0.4 is 4.90 Å². The third kappa shape index (κ3) is 4.39. The molecule has 0 saturated heterocycles. The minimum atomic E-state index is 0.559. The maximum absolute atomic E-state index is 6.88. The standard InChI is InChI=1S/C49H29N3O3/c1-3-14-30(15-4-1)49-50-47-44(55-49)29-40(48-46(47)35-20-9-12-24-42(35)54-48)52(39-22-13-25-43-45(39)34-19-8-11-23-41(34)53-43)32-26-27-38-36(28-32)33-18-7-10-21-37(33)51(38)31-16-5-2-6-17-31/h1-29H. The molecule has 0 atom stereocenters. The highest BCUT2D eigenvalue weighted by Gasteiger charge is 2.27. The van der Waals surface area contributed by atoms with Crippen LogP contribution in [0, 0.1) is 0 Å². The summed E-state index contributed by atoms with van der Waals surface area (Å²) in [6.07, 6.45) is 0. The molecule has 6 heteroatoms. The number of hydrogen-bond donors (Lipinski definition) is 0. The van der Waals surface area contributed by atoms with Crippen LogP contribution in [0.5, 0.6) is 0 Å². The average Bonchev–Trinajstić information content (AvgIpc) is 4.02. The lowest BCUT2D eigenvalue weighted by molar-refractivity contribution is 0.619. The second-order valence-electron chi connectivity index (χ2n) is 13.9. The highest BCUT2D eigenvalue weighted by Crippen LogP contribution is 2.49. The summed E-state index contributed by atoms with van der Waals surface area (Å²) in [6, 6.07) is 60.7. The third-order valence-electron chi connectivity index (χ3n) is 10.8. The fraction of sp³-hybridized carbons (Fsp3) is 0. The van der Waals surface area contributed by atoms with Gasteiger partial charge >= 0.3 is 0 Å². The zero-order valence-electron chi connectivity index (χ0n) is 29.3. The zero-order chi connectivity index (χ0) is 36.0. The van der Waals surface area contributed by atoms with Crippen molar-refractivity contribution < 1.29 is 13.3 Å². The number of hydrogen-bond acceptors (Lipinski definition) is 5. The van der Waals surface area contributed by atoms with Crippen LogP contribution in [-0.4, -0.2) is 9.55 Å². The largest absolute Gasteiger partial charge is 0.456 e. The van der Waals surface area contributed by atoms with Gasteiger partial charge in [-0.2, -0.15) is 0 Å². The first-order valence-corrected chi connectivity index (χ1v) is 18.4. The molecule has 12 rings (SSSR count). The molecule has 4 aromatic heterocycles. The Labute approximate surface area is 313 Å². The van der Waals surface area contributed by atoms with Crippen LogP contribution in [0.3, 0.4) is 0 Å². The van der Waals surface area contributed by atoms with Crippen molar-refractivity contribution in [3.8, 4) is 17.1 Å². The van der Waals surface area contributed by atoms with Crippen molar-refractivity contribution in [2.45, 2.75) is 0 Å². The van der Waals surface area contributed by atoms with Crippen LogP contribution in [0.2, 0.25) is 0 Å². The van der Waals surface area contributed by atoms with Crippen molar-refractivity contribution in [1.82, 2.24) is 9.55 Å². The minimum absolute atomic E-state index is 0.559. The Balaban J connectivity index is 1.21. The van der Waals surface area contributed by atoms with Crippen LogP contribution in [0.4, 0.5) is 17.1 Å². The van der Waals surface area contributed by atoms with E-state index in [9.17, 15) is 0 Å². The Morgan fingerprint density at radius 2 is 1.09 bits per heavy atom. The molecule has 0 unspecified atom stereocenters. The average molecular weight is 708 g/mol. The lowest BCUT2D eigenvalue weighted by atomic mass is 10.0. The predicted octanol–water partition coefficient (Wildman–Crippen LogP) is 13.9. The smallest absolute Gasteiger partial charge is 0.227 e. The van der Waals surface area contributed by atoms with E-state index in [1.807, 2.05) is 66.7 Å². The Hall–Kier alpha value is -7.57. The van der Waals surface area contributed by atoms with E-state index in [0.29, 0.717) is 11.5 Å². The van der Waals surface area contributed by atoms with Gasteiger partial charge in [0.1, 0.15) is 22.3 Å². The molecule has 8 aromatic carbocycles. The van der Waals surface area contributed by atoms with Crippen LogP contribution in [0.15, 0.2) is 189 Å². The van der Waals surface area contributed by atoms with Gasteiger partial charge in [-0.25, -0.2) is 4.98 Å². The molecule has 0 aliphatic heterocycles. The maximum Gasteiger partial charge on any atom is 0.227 e. The molecule has 0 bridgehead atoms. The molecular formula is C49H29N3O3. The number of oxazole rings is 1. The van der Waals surface area contributed by atoms with Gasteiger partial charge in [-0.05, 0) is 72.8 Å². The molecule has 0 N–H and O–H groups in total. The fourth-order valence-electron chi connectivity index (χ4n) is 8.44. The summed E-state index contributed by atoms with van der Waals surface area (Å²) < 4.78 is 22.4. The van der Waals surface area contributed by atoms with Crippen LogP contribution in [0.25, 0.3) is 93.9 Å². The number of rotatable bonds is 5. The first-order valence-electron chi connectivity index (χ1n) is 18.4. The summed E-state index contributed by atoms with van der Waals surface area (Å²) in [4.78, 5) is 7.40. The highest BCUT2D eigenvalue weighted by atomic mass is 16.4. The first kappa shape index (κ1) is 29.9. The molecule has 258 valence electrons. The summed E-state index contributed by atoms with van der Waals surface area (Å²) in [5.41, 5.74) is 11.6.